The Labute approximate surface area is 75.6 Å². The average Bonchev–Trinajstić information content (AvgIpc) is 2.46. The number of benzene rings is 1. The van der Waals surface area contributed by atoms with Crippen LogP contribution in [0.15, 0.2) is 24.4 Å². The lowest BCUT2D eigenvalue weighted by Crippen LogP contribution is -2.03. The number of aromatic nitrogens is 1. The van der Waals surface area contributed by atoms with E-state index in [9.17, 15) is 4.39 Å². The molecular weight excluding hydrogens is 167 g/mol. The Balaban J connectivity index is 2.71. The Kier molecular flexibility index (Phi) is 1.81. The van der Waals surface area contributed by atoms with Gasteiger partial charge in [0.1, 0.15) is 5.82 Å². The van der Waals surface area contributed by atoms with Crippen LogP contribution < -0.4 is 5.73 Å². The third kappa shape index (κ3) is 1.31. The first-order valence-electron chi connectivity index (χ1n) is 4.20. The average molecular weight is 178 g/mol. The smallest absolute Gasteiger partial charge is 0.123 e. The molecular formula is C10H11FN2. The van der Waals surface area contributed by atoms with E-state index in [2.05, 4.69) is 4.98 Å². The van der Waals surface area contributed by atoms with Crippen molar-refractivity contribution >= 4 is 10.9 Å². The lowest BCUT2D eigenvalue weighted by atomic mass is 10.1. The van der Waals surface area contributed by atoms with Gasteiger partial charge in [0.25, 0.3) is 0 Å². The Morgan fingerprint density at radius 3 is 2.92 bits per heavy atom. The highest BCUT2D eigenvalue weighted by Crippen LogP contribution is 2.23. The number of nitrogens with one attached hydrogen (secondary N) is 1. The molecule has 0 fully saturated rings. The lowest BCUT2D eigenvalue weighted by Gasteiger charge is -2.01. The molecule has 2 nitrogen and oxygen atoms in total. The minimum Gasteiger partial charge on any atom is -0.361 e. The van der Waals surface area contributed by atoms with Crippen LogP contribution in [0.25, 0.3) is 10.9 Å². The molecule has 1 aromatic carbocycles. The highest BCUT2D eigenvalue weighted by atomic mass is 19.1. The number of hydrogen-bond donors (Lipinski definition) is 2. The van der Waals surface area contributed by atoms with Gasteiger partial charge in [0.2, 0.25) is 0 Å². The van der Waals surface area contributed by atoms with Crippen LogP contribution in [-0.2, 0) is 0 Å². The summed E-state index contributed by atoms with van der Waals surface area (Å²) in [6.07, 6.45) is 1.83. The molecule has 2 rings (SSSR count). The monoisotopic (exact) mass is 178 g/mol. The molecule has 3 N–H and O–H groups in total. The highest BCUT2D eigenvalue weighted by molar-refractivity contribution is 5.83. The van der Waals surface area contributed by atoms with E-state index in [1.165, 1.54) is 12.1 Å². The summed E-state index contributed by atoms with van der Waals surface area (Å²) in [7, 11) is 0. The van der Waals surface area contributed by atoms with Crippen molar-refractivity contribution in [2.45, 2.75) is 13.0 Å². The maximum atomic E-state index is 12.9. The summed E-state index contributed by atoms with van der Waals surface area (Å²) < 4.78 is 12.9. The number of H-pyrrole nitrogens is 1. The molecule has 0 spiro atoms. The van der Waals surface area contributed by atoms with Crippen LogP contribution in [0.3, 0.4) is 0 Å². The van der Waals surface area contributed by atoms with Gasteiger partial charge in [-0.05, 0) is 30.7 Å². The summed E-state index contributed by atoms with van der Waals surface area (Å²) >= 11 is 0. The zero-order valence-corrected chi connectivity index (χ0v) is 7.34. The minimum atomic E-state index is -0.228. The molecule has 68 valence electrons. The predicted molar refractivity (Wildman–Crippen MR) is 50.9 cm³/mol. The lowest BCUT2D eigenvalue weighted by molar-refractivity contribution is 0.629. The van der Waals surface area contributed by atoms with Gasteiger partial charge < -0.3 is 10.7 Å². The van der Waals surface area contributed by atoms with Gasteiger partial charge in [-0.3, -0.25) is 0 Å². The topological polar surface area (TPSA) is 41.8 Å². The first-order valence-corrected chi connectivity index (χ1v) is 4.20. The van der Waals surface area contributed by atoms with Crippen LogP contribution in [-0.4, -0.2) is 4.98 Å². The van der Waals surface area contributed by atoms with Gasteiger partial charge in [0.15, 0.2) is 0 Å². The normalized spacial score (nSPS) is 13.5. The molecule has 3 heteroatoms. The first-order chi connectivity index (χ1) is 6.18. The summed E-state index contributed by atoms with van der Waals surface area (Å²) in [4.78, 5) is 3.05. The van der Waals surface area contributed by atoms with E-state index in [1.54, 1.807) is 6.07 Å². The largest absolute Gasteiger partial charge is 0.361 e. The first kappa shape index (κ1) is 8.26. The third-order valence-corrected chi connectivity index (χ3v) is 2.17. The molecule has 0 saturated heterocycles. The maximum Gasteiger partial charge on any atom is 0.123 e. The fourth-order valence-corrected chi connectivity index (χ4v) is 1.49. The second-order valence-corrected chi connectivity index (χ2v) is 3.22. The van der Waals surface area contributed by atoms with Gasteiger partial charge in [-0.2, -0.15) is 0 Å². The Bertz CT molecular complexity index is 431. The fraction of sp³-hybridized carbons (Fsp3) is 0.200. The molecule has 0 aliphatic carbocycles. The molecule has 1 atom stereocenters. The van der Waals surface area contributed by atoms with Crippen molar-refractivity contribution in [3.05, 3.63) is 35.8 Å². The second kappa shape index (κ2) is 2.85. The summed E-state index contributed by atoms with van der Waals surface area (Å²) in [5.41, 5.74) is 7.61. The van der Waals surface area contributed by atoms with Crippen molar-refractivity contribution in [2.24, 2.45) is 5.73 Å². The van der Waals surface area contributed by atoms with Crippen molar-refractivity contribution in [1.29, 1.82) is 0 Å². The van der Waals surface area contributed by atoms with Crippen molar-refractivity contribution in [2.75, 3.05) is 0 Å². The highest BCUT2D eigenvalue weighted by Gasteiger charge is 2.07. The van der Waals surface area contributed by atoms with Crippen molar-refractivity contribution in [1.82, 2.24) is 4.98 Å². The van der Waals surface area contributed by atoms with E-state index >= 15 is 0 Å². The zero-order chi connectivity index (χ0) is 9.42. The van der Waals surface area contributed by atoms with Crippen LogP contribution >= 0.6 is 0 Å². The maximum absolute atomic E-state index is 12.9. The Morgan fingerprint density at radius 1 is 1.46 bits per heavy atom. The van der Waals surface area contributed by atoms with E-state index in [0.29, 0.717) is 0 Å². The molecule has 0 saturated carbocycles. The minimum absolute atomic E-state index is 0.0736. The Hall–Kier alpha value is -1.35. The van der Waals surface area contributed by atoms with Crippen LogP contribution in [0.1, 0.15) is 18.5 Å². The molecule has 1 heterocycles. The zero-order valence-electron chi connectivity index (χ0n) is 7.34. The van der Waals surface area contributed by atoms with Gasteiger partial charge >= 0.3 is 0 Å². The van der Waals surface area contributed by atoms with E-state index in [4.69, 9.17) is 5.73 Å². The molecule has 1 aromatic heterocycles. The fourth-order valence-electron chi connectivity index (χ4n) is 1.49. The number of halogens is 1. The third-order valence-electron chi connectivity index (χ3n) is 2.17. The molecule has 0 radical (unpaired) electrons. The van der Waals surface area contributed by atoms with Crippen LogP contribution in [0, 0.1) is 5.82 Å². The van der Waals surface area contributed by atoms with E-state index < -0.39 is 0 Å². The summed E-state index contributed by atoms with van der Waals surface area (Å²) in [5, 5.41) is 0.870. The SMILES string of the molecule is C[C@@H](N)c1c[nH]c2ccc(F)cc12. The number of fused-ring (bicyclic) bond motifs is 1. The summed E-state index contributed by atoms with van der Waals surface area (Å²) in [5.74, 6) is -0.228. The Morgan fingerprint density at radius 2 is 2.23 bits per heavy atom. The molecule has 0 aliphatic heterocycles. The predicted octanol–water partition coefficient (Wildman–Crippen LogP) is 2.33. The quantitative estimate of drug-likeness (QED) is 0.691. The van der Waals surface area contributed by atoms with E-state index in [0.717, 1.165) is 16.5 Å². The van der Waals surface area contributed by atoms with Crippen molar-refractivity contribution < 1.29 is 4.39 Å². The van der Waals surface area contributed by atoms with Crippen LogP contribution in [0.2, 0.25) is 0 Å². The van der Waals surface area contributed by atoms with Crippen molar-refractivity contribution in [3.63, 3.8) is 0 Å². The van der Waals surface area contributed by atoms with E-state index in [-0.39, 0.29) is 11.9 Å². The second-order valence-electron chi connectivity index (χ2n) is 3.22. The van der Waals surface area contributed by atoms with Gasteiger partial charge in [0.05, 0.1) is 0 Å². The molecule has 0 amide bonds. The van der Waals surface area contributed by atoms with Crippen LogP contribution in [0.5, 0.6) is 0 Å². The standard InChI is InChI=1S/C10H11FN2/c1-6(12)9-5-13-10-3-2-7(11)4-8(9)10/h2-6,13H,12H2,1H3/t6-/m1/s1. The molecule has 0 bridgehead atoms. The van der Waals surface area contributed by atoms with Crippen LogP contribution in [0.4, 0.5) is 4.39 Å². The summed E-state index contributed by atoms with van der Waals surface area (Å²) in [6.45, 7) is 1.88. The van der Waals surface area contributed by atoms with Crippen molar-refractivity contribution in [3.8, 4) is 0 Å². The van der Waals surface area contributed by atoms with E-state index in [1.807, 2.05) is 13.1 Å². The molecule has 2 aromatic rings. The van der Waals surface area contributed by atoms with Gasteiger partial charge in [-0.15, -0.1) is 0 Å². The van der Waals surface area contributed by atoms with Gasteiger partial charge in [0, 0.05) is 23.1 Å². The summed E-state index contributed by atoms with van der Waals surface area (Å²) in [6, 6.07) is 4.58. The molecule has 0 aliphatic rings. The molecule has 13 heavy (non-hydrogen) atoms. The number of aromatic amines is 1. The number of hydrogen-bond acceptors (Lipinski definition) is 1. The van der Waals surface area contributed by atoms with Gasteiger partial charge in [-0.25, -0.2) is 4.39 Å². The number of rotatable bonds is 1. The molecule has 0 unspecified atom stereocenters. The van der Waals surface area contributed by atoms with Gasteiger partial charge in [-0.1, -0.05) is 0 Å². The number of nitrogens with two attached hydrogens (primary N) is 1.